The molecule has 1 heterocycles. The molecule has 3 aliphatic rings. The van der Waals surface area contributed by atoms with E-state index in [1.165, 1.54) is 0 Å². The molecule has 0 amide bonds. The van der Waals surface area contributed by atoms with Gasteiger partial charge in [-0.3, -0.25) is 0 Å². The zero-order chi connectivity index (χ0) is 17.5. The van der Waals surface area contributed by atoms with Crippen molar-refractivity contribution in [2.75, 3.05) is 20.3 Å². The fourth-order valence-corrected chi connectivity index (χ4v) is 4.27. The second-order valence-electron chi connectivity index (χ2n) is 6.95. The second kappa shape index (κ2) is 5.91. The lowest BCUT2D eigenvalue weighted by atomic mass is 9.69. The lowest BCUT2D eigenvalue weighted by Crippen LogP contribution is -2.39. The number of methoxy groups -OCH3 is 1. The van der Waals surface area contributed by atoms with Gasteiger partial charge in [-0.2, -0.15) is 5.26 Å². The molecular formula is C20H22N2O3. The summed E-state index contributed by atoms with van der Waals surface area (Å²) in [5.41, 5.74) is 9.32. The number of nitrogens with two attached hydrogens (primary N) is 1. The van der Waals surface area contributed by atoms with E-state index in [9.17, 15) is 5.26 Å². The Hall–Kier alpha value is -2.29. The number of benzene rings is 1. The van der Waals surface area contributed by atoms with Crippen LogP contribution >= 0.6 is 0 Å². The summed E-state index contributed by atoms with van der Waals surface area (Å²) in [5.74, 6) is 0.354. The summed E-state index contributed by atoms with van der Waals surface area (Å²) >= 11 is 0. The van der Waals surface area contributed by atoms with E-state index in [-0.39, 0.29) is 5.41 Å². The summed E-state index contributed by atoms with van der Waals surface area (Å²) in [4.78, 5) is 0. The summed E-state index contributed by atoms with van der Waals surface area (Å²) < 4.78 is 16.9. The lowest BCUT2D eigenvalue weighted by Gasteiger charge is -2.40. The van der Waals surface area contributed by atoms with E-state index in [4.69, 9.17) is 19.9 Å². The van der Waals surface area contributed by atoms with Crippen molar-refractivity contribution >= 4 is 5.57 Å². The summed E-state index contributed by atoms with van der Waals surface area (Å²) in [6.45, 7) is 1.31. The van der Waals surface area contributed by atoms with Crippen LogP contribution in [0, 0.1) is 16.7 Å². The maximum Gasteiger partial charge on any atom is 0.168 e. The van der Waals surface area contributed by atoms with Crippen molar-refractivity contribution in [2.24, 2.45) is 11.1 Å². The highest BCUT2D eigenvalue weighted by atomic mass is 16.7. The van der Waals surface area contributed by atoms with Crippen molar-refractivity contribution in [1.82, 2.24) is 0 Å². The van der Waals surface area contributed by atoms with Crippen LogP contribution in [-0.2, 0) is 9.47 Å². The first-order chi connectivity index (χ1) is 12.1. The first-order valence-corrected chi connectivity index (χ1v) is 8.67. The number of hydrogen-bond donors (Lipinski definition) is 1. The highest BCUT2D eigenvalue weighted by Gasteiger charge is 2.49. The Labute approximate surface area is 147 Å². The van der Waals surface area contributed by atoms with Gasteiger partial charge in [-0.15, -0.1) is 0 Å². The number of hydrogen-bond acceptors (Lipinski definition) is 5. The average molecular weight is 338 g/mol. The van der Waals surface area contributed by atoms with Gasteiger partial charge in [0, 0.05) is 23.8 Å². The third-order valence-electron chi connectivity index (χ3n) is 5.71. The fourth-order valence-electron chi connectivity index (χ4n) is 4.27. The molecule has 0 unspecified atom stereocenters. The number of nitrogens with zero attached hydrogens (tertiary/aromatic N) is 1. The predicted molar refractivity (Wildman–Crippen MR) is 93.3 cm³/mol. The van der Waals surface area contributed by atoms with Gasteiger partial charge in [-0.1, -0.05) is 18.2 Å². The molecule has 1 saturated heterocycles. The lowest BCUT2D eigenvalue weighted by molar-refractivity contribution is -0.185. The molecule has 5 nitrogen and oxygen atoms in total. The fraction of sp³-hybridized carbons (Fsp3) is 0.450. The van der Waals surface area contributed by atoms with Gasteiger partial charge in [0.2, 0.25) is 0 Å². The van der Waals surface area contributed by atoms with Gasteiger partial charge in [-0.25, -0.2) is 0 Å². The number of nitriles is 1. The van der Waals surface area contributed by atoms with Crippen molar-refractivity contribution in [1.29, 1.82) is 5.26 Å². The zero-order valence-electron chi connectivity index (χ0n) is 14.4. The van der Waals surface area contributed by atoms with E-state index in [1.54, 1.807) is 7.11 Å². The first-order valence-electron chi connectivity index (χ1n) is 8.67. The van der Waals surface area contributed by atoms with Crippen molar-refractivity contribution in [3.8, 4) is 11.8 Å². The van der Waals surface area contributed by atoms with Crippen LogP contribution in [0.5, 0.6) is 5.75 Å². The number of rotatable bonds is 2. The molecule has 5 heteroatoms. The SMILES string of the molecule is COc1ccc(C2=CC3(CCC4(CC3)OCCO4)C(C#N)=C2N)cc1. The Morgan fingerprint density at radius 2 is 1.72 bits per heavy atom. The summed E-state index contributed by atoms with van der Waals surface area (Å²) in [7, 11) is 1.64. The molecule has 1 saturated carbocycles. The maximum absolute atomic E-state index is 9.75. The molecular weight excluding hydrogens is 316 g/mol. The molecule has 2 spiro atoms. The predicted octanol–water partition coefficient (Wildman–Crippen LogP) is 3.13. The van der Waals surface area contributed by atoms with Crippen LogP contribution in [0.2, 0.25) is 0 Å². The van der Waals surface area contributed by atoms with Crippen LogP contribution in [0.1, 0.15) is 31.2 Å². The Morgan fingerprint density at radius 3 is 2.28 bits per heavy atom. The molecule has 4 rings (SSSR count). The van der Waals surface area contributed by atoms with Gasteiger partial charge in [0.15, 0.2) is 5.79 Å². The third-order valence-corrected chi connectivity index (χ3v) is 5.71. The monoisotopic (exact) mass is 338 g/mol. The standard InChI is InChI=1S/C20H22N2O3/c1-23-15-4-2-14(3-5-15)16-12-19(17(13-21)18(16)22)6-8-20(9-7-19)24-10-11-25-20/h2-5,12H,6-11,22H2,1H3. The molecule has 2 fully saturated rings. The van der Waals surface area contributed by atoms with E-state index < -0.39 is 5.79 Å². The van der Waals surface area contributed by atoms with Gasteiger partial charge in [0.1, 0.15) is 5.75 Å². The minimum atomic E-state index is -0.447. The Bertz CT molecular complexity index is 770. The molecule has 0 atom stereocenters. The van der Waals surface area contributed by atoms with Gasteiger partial charge in [0.05, 0.1) is 37.7 Å². The molecule has 130 valence electrons. The van der Waals surface area contributed by atoms with E-state index in [0.29, 0.717) is 24.5 Å². The third kappa shape index (κ3) is 2.53. The van der Waals surface area contributed by atoms with Crippen LogP contribution in [0.3, 0.4) is 0 Å². The molecule has 2 N–H and O–H groups in total. The molecule has 1 aromatic rings. The first kappa shape index (κ1) is 16.2. The molecule has 0 aromatic heterocycles. The highest BCUT2D eigenvalue weighted by molar-refractivity contribution is 5.85. The Kier molecular flexibility index (Phi) is 3.82. The summed E-state index contributed by atoms with van der Waals surface area (Å²) in [6.07, 6.45) is 5.40. The minimum absolute atomic E-state index is 0.297. The normalized spacial score (nSPS) is 23.8. The van der Waals surface area contributed by atoms with Crippen molar-refractivity contribution in [2.45, 2.75) is 31.5 Å². The van der Waals surface area contributed by atoms with E-state index in [1.807, 2.05) is 24.3 Å². The van der Waals surface area contributed by atoms with Gasteiger partial charge in [0.25, 0.3) is 0 Å². The molecule has 0 radical (unpaired) electrons. The molecule has 1 aliphatic heterocycles. The van der Waals surface area contributed by atoms with E-state index in [2.05, 4.69) is 12.1 Å². The van der Waals surface area contributed by atoms with Crippen LogP contribution < -0.4 is 10.5 Å². The topological polar surface area (TPSA) is 77.5 Å². The van der Waals surface area contributed by atoms with Gasteiger partial charge in [-0.05, 0) is 30.5 Å². The largest absolute Gasteiger partial charge is 0.497 e. The quantitative estimate of drug-likeness (QED) is 0.896. The van der Waals surface area contributed by atoms with Crippen LogP contribution in [0.25, 0.3) is 5.57 Å². The van der Waals surface area contributed by atoms with Crippen LogP contribution in [0.4, 0.5) is 0 Å². The van der Waals surface area contributed by atoms with Gasteiger partial charge >= 0.3 is 0 Å². The Morgan fingerprint density at radius 1 is 1.08 bits per heavy atom. The molecule has 25 heavy (non-hydrogen) atoms. The van der Waals surface area contributed by atoms with Crippen LogP contribution in [0.15, 0.2) is 41.6 Å². The molecule has 2 aliphatic carbocycles. The van der Waals surface area contributed by atoms with E-state index in [0.717, 1.165) is 42.6 Å². The van der Waals surface area contributed by atoms with Crippen molar-refractivity contribution < 1.29 is 14.2 Å². The molecule has 1 aromatic carbocycles. The summed E-state index contributed by atoms with van der Waals surface area (Å²) in [5, 5.41) is 9.75. The molecule has 0 bridgehead atoms. The van der Waals surface area contributed by atoms with E-state index >= 15 is 0 Å². The second-order valence-corrected chi connectivity index (χ2v) is 6.95. The number of ether oxygens (including phenoxy) is 3. The van der Waals surface area contributed by atoms with Crippen molar-refractivity contribution in [3.63, 3.8) is 0 Å². The zero-order valence-corrected chi connectivity index (χ0v) is 14.4. The highest BCUT2D eigenvalue weighted by Crippen LogP contribution is 2.54. The van der Waals surface area contributed by atoms with Crippen LogP contribution in [-0.4, -0.2) is 26.1 Å². The van der Waals surface area contributed by atoms with Gasteiger partial charge < -0.3 is 19.9 Å². The maximum atomic E-state index is 9.75. The average Bonchev–Trinajstić information content (AvgIpc) is 3.21. The Balaban J connectivity index is 1.66. The van der Waals surface area contributed by atoms with Crippen molar-refractivity contribution in [3.05, 3.63) is 47.2 Å². The smallest absolute Gasteiger partial charge is 0.168 e. The number of allylic oxidation sites excluding steroid dienone is 3. The minimum Gasteiger partial charge on any atom is -0.497 e. The summed E-state index contributed by atoms with van der Waals surface area (Å²) in [6, 6.07) is 10.2.